The van der Waals surface area contributed by atoms with Crippen LogP contribution in [0.2, 0.25) is 0 Å². The van der Waals surface area contributed by atoms with Crippen molar-refractivity contribution in [1.82, 2.24) is 5.16 Å². The van der Waals surface area contributed by atoms with Crippen LogP contribution in [0.25, 0.3) is 28.5 Å². The zero-order valence-corrected chi connectivity index (χ0v) is 22.6. The van der Waals surface area contributed by atoms with E-state index in [1.165, 1.54) is 11.1 Å². The summed E-state index contributed by atoms with van der Waals surface area (Å²) in [5, 5.41) is 13.8. The van der Waals surface area contributed by atoms with Crippen LogP contribution in [-0.4, -0.2) is 16.2 Å². The lowest BCUT2D eigenvalue weighted by atomic mass is 9.93. The van der Waals surface area contributed by atoms with Crippen molar-refractivity contribution in [2.24, 2.45) is 5.92 Å². The number of carboxylic acid groups (broad SMARTS) is 1. The van der Waals surface area contributed by atoms with Crippen molar-refractivity contribution < 1.29 is 14.4 Å². The fraction of sp³-hybridized carbons (Fsp3) is 0.294. The van der Waals surface area contributed by atoms with Crippen LogP contribution in [0.1, 0.15) is 67.5 Å². The Hall–Kier alpha value is -3.92. The highest BCUT2D eigenvalue weighted by atomic mass is 16.5. The molecule has 0 saturated heterocycles. The third kappa shape index (κ3) is 5.22. The Bertz CT molecular complexity index is 1440. The summed E-state index contributed by atoms with van der Waals surface area (Å²) in [6.45, 7) is 8.64. The number of carboxylic acids is 1. The van der Waals surface area contributed by atoms with E-state index in [9.17, 15) is 9.90 Å². The summed E-state index contributed by atoms with van der Waals surface area (Å²) in [4.78, 5) is 11.6. The van der Waals surface area contributed by atoms with E-state index in [2.05, 4.69) is 86.6 Å². The number of hydrogen-bond donors (Lipinski definition) is 1. The van der Waals surface area contributed by atoms with Crippen LogP contribution in [0.3, 0.4) is 0 Å². The lowest BCUT2D eigenvalue weighted by molar-refractivity contribution is -0.140. The Morgan fingerprint density at radius 3 is 2.05 bits per heavy atom. The molecule has 1 heterocycles. The molecule has 1 aromatic heterocycles. The number of nitrogens with zero attached hydrogens (tertiary/aromatic N) is 1. The van der Waals surface area contributed by atoms with Crippen LogP contribution in [-0.2, 0) is 16.6 Å². The van der Waals surface area contributed by atoms with E-state index in [1.54, 1.807) is 0 Å². The average Bonchev–Trinajstić information content (AvgIpc) is 3.66. The summed E-state index contributed by atoms with van der Waals surface area (Å²) < 4.78 is 5.74. The molecule has 0 amide bonds. The molecule has 4 nitrogen and oxygen atoms in total. The first kappa shape index (κ1) is 25.7. The number of benzene rings is 3. The largest absolute Gasteiger partial charge is 0.481 e. The molecule has 0 spiro atoms. The molecule has 1 saturated carbocycles. The topological polar surface area (TPSA) is 63.3 Å². The number of hydrogen-bond acceptors (Lipinski definition) is 3. The van der Waals surface area contributed by atoms with Gasteiger partial charge in [-0.25, -0.2) is 0 Å². The molecule has 4 aromatic rings. The predicted molar refractivity (Wildman–Crippen MR) is 153 cm³/mol. The molecule has 0 radical (unpaired) electrons. The molecule has 4 heteroatoms. The second kappa shape index (κ2) is 10.4. The Morgan fingerprint density at radius 2 is 1.50 bits per heavy atom. The van der Waals surface area contributed by atoms with Gasteiger partial charge in [0.25, 0.3) is 0 Å². The van der Waals surface area contributed by atoms with Gasteiger partial charge in [0.1, 0.15) is 0 Å². The Balaban J connectivity index is 1.29. The average molecular weight is 506 g/mol. The number of rotatable bonds is 9. The molecule has 0 bridgehead atoms. The SMILES string of the molecule is Cc1noc(-c2ccc(-c3ccc(C4(C(=O)O)CC4)cc3)cc2)c1/C=C/C(C)Cc1ccc(C(C)C)cc1. The van der Waals surface area contributed by atoms with E-state index in [1.807, 2.05) is 31.2 Å². The van der Waals surface area contributed by atoms with Crippen LogP contribution in [0.4, 0.5) is 0 Å². The van der Waals surface area contributed by atoms with Gasteiger partial charge in [0, 0.05) is 11.1 Å². The molecule has 1 unspecified atom stereocenters. The Kier molecular flexibility index (Phi) is 7.07. The van der Waals surface area contributed by atoms with Crippen molar-refractivity contribution in [3.05, 3.63) is 107 Å². The fourth-order valence-electron chi connectivity index (χ4n) is 5.07. The molecule has 3 aromatic carbocycles. The summed E-state index contributed by atoms with van der Waals surface area (Å²) in [6, 6.07) is 25.1. The number of allylic oxidation sites excluding steroid dienone is 1. The molecule has 38 heavy (non-hydrogen) atoms. The number of aryl methyl sites for hydroxylation is 1. The molecular weight excluding hydrogens is 470 g/mol. The van der Waals surface area contributed by atoms with E-state index >= 15 is 0 Å². The van der Waals surface area contributed by atoms with Crippen LogP contribution >= 0.6 is 0 Å². The van der Waals surface area contributed by atoms with Crippen LogP contribution in [0.5, 0.6) is 0 Å². The second-order valence-electron chi connectivity index (χ2n) is 11.0. The van der Waals surface area contributed by atoms with E-state index in [0.29, 0.717) is 24.7 Å². The van der Waals surface area contributed by atoms with Crippen molar-refractivity contribution in [2.45, 2.75) is 58.3 Å². The minimum atomic E-state index is -0.725. The fourth-order valence-corrected chi connectivity index (χ4v) is 5.07. The summed E-state index contributed by atoms with van der Waals surface area (Å²) >= 11 is 0. The van der Waals surface area contributed by atoms with Gasteiger partial charge in [0.2, 0.25) is 0 Å². The molecule has 194 valence electrons. The van der Waals surface area contributed by atoms with Gasteiger partial charge in [-0.05, 0) is 65.8 Å². The highest BCUT2D eigenvalue weighted by Gasteiger charge is 2.51. The molecule has 1 fully saturated rings. The van der Waals surface area contributed by atoms with Crippen molar-refractivity contribution >= 4 is 12.0 Å². The van der Waals surface area contributed by atoms with Crippen LogP contribution in [0.15, 0.2) is 83.4 Å². The monoisotopic (exact) mass is 505 g/mol. The predicted octanol–water partition coefficient (Wildman–Crippen LogP) is 8.45. The highest BCUT2D eigenvalue weighted by Crippen LogP contribution is 2.48. The summed E-state index contributed by atoms with van der Waals surface area (Å²) in [5.41, 5.74) is 7.92. The first-order valence-corrected chi connectivity index (χ1v) is 13.4. The first-order chi connectivity index (χ1) is 18.3. The van der Waals surface area contributed by atoms with Gasteiger partial charge in [-0.15, -0.1) is 0 Å². The third-order valence-corrected chi connectivity index (χ3v) is 7.78. The van der Waals surface area contributed by atoms with Crippen molar-refractivity contribution in [3.8, 4) is 22.5 Å². The number of aliphatic carboxylic acids is 1. The smallest absolute Gasteiger partial charge is 0.314 e. The van der Waals surface area contributed by atoms with Gasteiger partial charge in [-0.1, -0.05) is 111 Å². The molecule has 1 N–H and O–H groups in total. The molecular formula is C34H35NO3. The van der Waals surface area contributed by atoms with Gasteiger partial charge in [-0.2, -0.15) is 0 Å². The highest BCUT2D eigenvalue weighted by molar-refractivity contribution is 5.85. The van der Waals surface area contributed by atoms with E-state index in [0.717, 1.165) is 45.7 Å². The van der Waals surface area contributed by atoms with E-state index in [4.69, 9.17) is 4.52 Å². The zero-order chi connectivity index (χ0) is 26.9. The van der Waals surface area contributed by atoms with E-state index < -0.39 is 11.4 Å². The van der Waals surface area contributed by atoms with E-state index in [-0.39, 0.29) is 0 Å². The van der Waals surface area contributed by atoms with Crippen molar-refractivity contribution in [3.63, 3.8) is 0 Å². The van der Waals surface area contributed by atoms with Crippen molar-refractivity contribution in [1.29, 1.82) is 0 Å². The van der Waals surface area contributed by atoms with Gasteiger partial charge in [0.15, 0.2) is 5.76 Å². The number of aromatic nitrogens is 1. The summed E-state index contributed by atoms with van der Waals surface area (Å²) in [6.07, 6.45) is 6.79. The summed E-state index contributed by atoms with van der Waals surface area (Å²) in [5.74, 6) is 0.968. The minimum absolute atomic E-state index is 0.378. The second-order valence-corrected chi connectivity index (χ2v) is 11.0. The maximum Gasteiger partial charge on any atom is 0.314 e. The van der Waals surface area contributed by atoms with Gasteiger partial charge >= 0.3 is 5.97 Å². The van der Waals surface area contributed by atoms with Gasteiger partial charge in [0.05, 0.1) is 11.1 Å². The maximum absolute atomic E-state index is 11.6. The lowest BCUT2D eigenvalue weighted by Gasteiger charge is -2.11. The number of carbonyl (C=O) groups is 1. The molecule has 1 atom stereocenters. The van der Waals surface area contributed by atoms with Gasteiger partial charge in [-0.3, -0.25) is 4.79 Å². The molecule has 5 rings (SSSR count). The van der Waals surface area contributed by atoms with Crippen LogP contribution < -0.4 is 0 Å². The third-order valence-electron chi connectivity index (χ3n) is 7.78. The van der Waals surface area contributed by atoms with Crippen LogP contribution in [0, 0.1) is 12.8 Å². The minimum Gasteiger partial charge on any atom is -0.481 e. The Labute approximate surface area is 225 Å². The van der Waals surface area contributed by atoms with Gasteiger partial charge < -0.3 is 9.63 Å². The normalized spacial score (nSPS) is 15.2. The Morgan fingerprint density at radius 1 is 0.921 bits per heavy atom. The first-order valence-electron chi connectivity index (χ1n) is 13.4. The summed E-state index contributed by atoms with van der Waals surface area (Å²) in [7, 11) is 0. The maximum atomic E-state index is 11.6. The quantitative estimate of drug-likeness (QED) is 0.248. The lowest BCUT2D eigenvalue weighted by Crippen LogP contribution is -2.19. The molecule has 0 aliphatic heterocycles. The standard InChI is InChI=1S/C34H35NO3/c1-22(2)26-8-6-25(7-9-26)21-23(3)5-18-31-24(4)35-38-32(31)29-12-10-27(11-13-29)28-14-16-30(17-15-28)34(19-20-34)33(36)37/h5-18,22-23H,19-21H2,1-4H3,(H,36,37)/b18-5+. The zero-order valence-electron chi connectivity index (χ0n) is 22.6. The molecule has 1 aliphatic carbocycles. The van der Waals surface area contributed by atoms with Crippen molar-refractivity contribution in [2.75, 3.05) is 0 Å². The molecule has 1 aliphatic rings.